The van der Waals surface area contributed by atoms with Gasteiger partial charge in [-0.15, -0.1) is 11.3 Å². The van der Waals surface area contributed by atoms with Gasteiger partial charge in [-0.05, 0) is 37.1 Å². The molecule has 0 saturated carbocycles. The SMILES string of the molecule is O=C(O)CCC1CCCCN1C(=O)c1sccc1Cl. The third-order valence-electron chi connectivity index (χ3n) is 3.39. The van der Waals surface area contributed by atoms with Crippen molar-refractivity contribution in [3.8, 4) is 0 Å². The number of likely N-dealkylation sites (tertiary alicyclic amines) is 1. The highest BCUT2D eigenvalue weighted by Gasteiger charge is 2.29. The van der Waals surface area contributed by atoms with Gasteiger partial charge in [0.2, 0.25) is 0 Å². The summed E-state index contributed by atoms with van der Waals surface area (Å²) in [5.41, 5.74) is 0. The summed E-state index contributed by atoms with van der Waals surface area (Å²) in [6.07, 6.45) is 3.52. The van der Waals surface area contributed by atoms with Crippen LogP contribution >= 0.6 is 22.9 Å². The largest absolute Gasteiger partial charge is 0.481 e. The molecule has 2 heterocycles. The Bertz CT molecular complexity index is 474. The molecular formula is C13H16ClNO3S. The van der Waals surface area contributed by atoms with Gasteiger partial charge >= 0.3 is 5.97 Å². The monoisotopic (exact) mass is 301 g/mol. The third-order valence-corrected chi connectivity index (χ3v) is 4.72. The molecule has 1 amide bonds. The zero-order valence-electron chi connectivity index (χ0n) is 10.5. The molecule has 0 radical (unpaired) electrons. The normalized spacial score (nSPS) is 19.4. The zero-order chi connectivity index (χ0) is 13.8. The third kappa shape index (κ3) is 3.48. The van der Waals surface area contributed by atoms with Crippen molar-refractivity contribution < 1.29 is 14.7 Å². The minimum Gasteiger partial charge on any atom is -0.481 e. The summed E-state index contributed by atoms with van der Waals surface area (Å²) in [7, 11) is 0. The number of aliphatic carboxylic acids is 1. The summed E-state index contributed by atoms with van der Waals surface area (Å²) in [6.45, 7) is 0.692. The van der Waals surface area contributed by atoms with E-state index in [0.717, 1.165) is 19.3 Å². The number of rotatable bonds is 4. The Kier molecular flexibility index (Phi) is 4.82. The van der Waals surface area contributed by atoms with Gasteiger partial charge in [0, 0.05) is 19.0 Å². The van der Waals surface area contributed by atoms with Crippen molar-refractivity contribution in [2.24, 2.45) is 0 Å². The number of amides is 1. The highest BCUT2D eigenvalue weighted by molar-refractivity contribution is 7.12. The van der Waals surface area contributed by atoms with Gasteiger partial charge in [-0.2, -0.15) is 0 Å². The van der Waals surface area contributed by atoms with Crippen LogP contribution in [0.25, 0.3) is 0 Å². The maximum atomic E-state index is 12.4. The molecule has 2 rings (SSSR count). The molecule has 6 heteroatoms. The Labute approximate surface area is 121 Å². The topological polar surface area (TPSA) is 57.6 Å². The number of piperidine rings is 1. The first-order chi connectivity index (χ1) is 9.09. The van der Waals surface area contributed by atoms with E-state index in [9.17, 15) is 9.59 Å². The fourth-order valence-electron chi connectivity index (χ4n) is 2.43. The van der Waals surface area contributed by atoms with Crippen LogP contribution in [0.15, 0.2) is 11.4 Å². The highest BCUT2D eigenvalue weighted by atomic mass is 35.5. The second-order valence-corrected chi connectivity index (χ2v) is 6.00. The number of carboxylic acid groups (broad SMARTS) is 1. The molecule has 1 N–H and O–H groups in total. The zero-order valence-corrected chi connectivity index (χ0v) is 12.0. The molecule has 104 valence electrons. The lowest BCUT2D eigenvalue weighted by Crippen LogP contribution is -2.43. The van der Waals surface area contributed by atoms with E-state index >= 15 is 0 Å². The molecule has 1 aromatic heterocycles. The standard InChI is InChI=1S/C13H16ClNO3S/c14-10-6-8-19-12(10)13(18)15-7-2-1-3-9(15)4-5-11(16)17/h6,8-9H,1-5,7H2,(H,16,17). The summed E-state index contributed by atoms with van der Waals surface area (Å²) in [6, 6.07) is 1.74. The number of carbonyl (C=O) groups excluding carboxylic acids is 1. The molecule has 0 bridgehead atoms. The molecule has 0 spiro atoms. The van der Waals surface area contributed by atoms with Crippen LogP contribution in [0.2, 0.25) is 5.02 Å². The van der Waals surface area contributed by atoms with Crippen LogP contribution in [0.1, 0.15) is 41.8 Å². The van der Waals surface area contributed by atoms with Crippen molar-refractivity contribution >= 4 is 34.8 Å². The van der Waals surface area contributed by atoms with Crippen molar-refractivity contribution in [2.45, 2.75) is 38.1 Å². The van der Waals surface area contributed by atoms with Crippen molar-refractivity contribution in [2.75, 3.05) is 6.54 Å². The second-order valence-electron chi connectivity index (χ2n) is 4.68. The molecule has 1 unspecified atom stereocenters. The number of carbonyl (C=O) groups is 2. The molecule has 1 atom stereocenters. The Morgan fingerprint density at radius 3 is 2.89 bits per heavy atom. The van der Waals surface area contributed by atoms with E-state index in [-0.39, 0.29) is 18.4 Å². The van der Waals surface area contributed by atoms with Gasteiger partial charge in [0.15, 0.2) is 0 Å². The van der Waals surface area contributed by atoms with E-state index in [4.69, 9.17) is 16.7 Å². The molecule has 4 nitrogen and oxygen atoms in total. The number of thiophene rings is 1. The van der Waals surface area contributed by atoms with Gasteiger partial charge in [0.1, 0.15) is 4.88 Å². The average Bonchev–Trinajstić information content (AvgIpc) is 2.82. The van der Waals surface area contributed by atoms with Crippen LogP contribution in [0.5, 0.6) is 0 Å². The molecule has 1 saturated heterocycles. The molecular weight excluding hydrogens is 286 g/mol. The number of hydrogen-bond donors (Lipinski definition) is 1. The summed E-state index contributed by atoms with van der Waals surface area (Å²) in [5.74, 6) is -0.873. The molecule has 1 aromatic rings. The van der Waals surface area contributed by atoms with Crippen molar-refractivity contribution in [3.05, 3.63) is 21.3 Å². The second kappa shape index (κ2) is 6.39. The Morgan fingerprint density at radius 2 is 2.26 bits per heavy atom. The van der Waals surface area contributed by atoms with Crippen LogP contribution in [-0.2, 0) is 4.79 Å². The first kappa shape index (κ1) is 14.3. The van der Waals surface area contributed by atoms with Gasteiger partial charge in [0.25, 0.3) is 5.91 Å². The van der Waals surface area contributed by atoms with Crippen molar-refractivity contribution in [1.29, 1.82) is 0 Å². The summed E-state index contributed by atoms with van der Waals surface area (Å²) < 4.78 is 0. The lowest BCUT2D eigenvalue weighted by molar-refractivity contribution is -0.137. The van der Waals surface area contributed by atoms with Crippen LogP contribution in [0, 0.1) is 0 Å². The van der Waals surface area contributed by atoms with Crippen molar-refractivity contribution in [3.63, 3.8) is 0 Å². The summed E-state index contributed by atoms with van der Waals surface area (Å²) in [4.78, 5) is 25.5. The molecule has 1 aliphatic heterocycles. The molecule has 1 fully saturated rings. The fourth-order valence-corrected chi connectivity index (χ4v) is 3.53. The Morgan fingerprint density at radius 1 is 1.47 bits per heavy atom. The number of carboxylic acids is 1. The first-order valence-electron chi connectivity index (χ1n) is 6.35. The Balaban J connectivity index is 2.08. The lowest BCUT2D eigenvalue weighted by Gasteiger charge is -2.35. The first-order valence-corrected chi connectivity index (χ1v) is 7.61. The molecule has 0 aliphatic carbocycles. The smallest absolute Gasteiger partial charge is 0.303 e. The summed E-state index contributed by atoms with van der Waals surface area (Å²) >= 11 is 7.34. The van der Waals surface area contributed by atoms with E-state index in [2.05, 4.69) is 0 Å². The van der Waals surface area contributed by atoms with Gasteiger partial charge < -0.3 is 10.0 Å². The van der Waals surface area contributed by atoms with E-state index < -0.39 is 5.97 Å². The number of halogens is 1. The highest BCUT2D eigenvalue weighted by Crippen LogP contribution is 2.28. The Hall–Kier alpha value is -1.07. The van der Waals surface area contributed by atoms with Gasteiger partial charge in [0.05, 0.1) is 5.02 Å². The van der Waals surface area contributed by atoms with E-state index in [1.54, 1.807) is 16.3 Å². The van der Waals surface area contributed by atoms with Gasteiger partial charge in [-0.25, -0.2) is 0 Å². The maximum absolute atomic E-state index is 12.4. The predicted octanol–water partition coefficient (Wildman–Crippen LogP) is 3.26. The lowest BCUT2D eigenvalue weighted by atomic mass is 9.97. The van der Waals surface area contributed by atoms with Gasteiger partial charge in [-0.1, -0.05) is 11.6 Å². The molecule has 0 aromatic carbocycles. The minimum absolute atomic E-state index is 0.0236. The van der Waals surface area contributed by atoms with Crippen LogP contribution < -0.4 is 0 Å². The number of nitrogens with zero attached hydrogens (tertiary/aromatic N) is 1. The molecule has 1 aliphatic rings. The predicted molar refractivity (Wildman–Crippen MR) is 74.9 cm³/mol. The van der Waals surface area contributed by atoms with Crippen LogP contribution in [0.3, 0.4) is 0 Å². The van der Waals surface area contributed by atoms with E-state index in [0.29, 0.717) is 22.9 Å². The quantitative estimate of drug-likeness (QED) is 0.928. The minimum atomic E-state index is -0.813. The van der Waals surface area contributed by atoms with Crippen molar-refractivity contribution in [1.82, 2.24) is 4.90 Å². The van der Waals surface area contributed by atoms with E-state index in [1.165, 1.54) is 11.3 Å². The van der Waals surface area contributed by atoms with E-state index in [1.807, 2.05) is 0 Å². The van der Waals surface area contributed by atoms with Gasteiger partial charge in [-0.3, -0.25) is 9.59 Å². The summed E-state index contributed by atoms with van der Waals surface area (Å²) in [5, 5.41) is 11.1. The van der Waals surface area contributed by atoms with Crippen LogP contribution in [-0.4, -0.2) is 34.5 Å². The molecule has 19 heavy (non-hydrogen) atoms. The fraction of sp³-hybridized carbons (Fsp3) is 0.538. The maximum Gasteiger partial charge on any atom is 0.303 e. The average molecular weight is 302 g/mol. The van der Waals surface area contributed by atoms with Crippen LogP contribution in [0.4, 0.5) is 0 Å². The number of hydrogen-bond acceptors (Lipinski definition) is 3.